The summed E-state index contributed by atoms with van der Waals surface area (Å²) in [6.45, 7) is 4.17. The van der Waals surface area contributed by atoms with Gasteiger partial charge in [0, 0.05) is 23.8 Å². The van der Waals surface area contributed by atoms with Gasteiger partial charge in [-0.2, -0.15) is 0 Å². The Labute approximate surface area is 183 Å². The molecule has 0 bridgehead atoms. The van der Waals surface area contributed by atoms with E-state index in [0.717, 1.165) is 24.0 Å². The maximum absolute atomic E-state index is 13.3. The van der Waals surface area contributed by atoms with Gasteiger partial charge in [-0.15, -0.1) is 0 Å². The molecule has 0 atom stereocenters. The quantitative estimate of drug-likeness (QED) is 0.575. The van der Waals surface area contributed by atoms with E-state index < -0.39 is 10.0 Å². The molecule has 0 heterocycles. The number of hydrogen-bond acceptors (Lipinski definition) is 3. The average molecular weight is 435 g/mol. The lowest BCUT2D eigenvalue weighted by Gasteiger charge is -2.23. The van der Waals surface area contributed by atoms with Crippen molar-refractivity contribution in [2.45, 2.75) is 44.2 Å². The lowest BCUT2D eigenvalue weighted by atomic mass is 10.1. The van der Waals surface area contributed by atoms with E-state index in [4.69, 9.17) is 0 Å². The zero-order valence-electron chi connectivity index (χ0n) is 17.7. The molecule has 5 nitrogen and oxygen atoms in total. The molecule has 31 heavy (non-hydrogen) atoms. The maximum Gasteiger partial charge on any atom is 0.262 e. The predicted octanol–water partition coefficient (Wildman–Crippen LogP) is 4.91. The van der Waals surface area contributed by atoms with Crippen LogP contribution < -0.4 is 4.72 Å². The van der Waals surface area contributed by atoms with Gasteiger partial charge in [0.05, 0.1) is 4.90 Å². The van der Waals surface area contributed by atoms with Crippen LogP contribution in [0.4, 0.5) is 5.69 Å². The summed E-state index contributed by atoms with van der Waals surface area (Å²) in [4.78, 5) is 15.4. The van der Waals surface area contributed by atoms with Crippen LogP contribution in [0.5, 0.6) is 0 Å². The molecule has 1 aliphatic carbocycles. The van der Waals surface area contributed by atoms with Gasteiger partial charge >= 0.3 is 0 Å². The van der Waals surface area contributed by atoms with Crippen molar-refractivity contribution in [3.63, 3.8) is 0 Å². The molecule has 0 radical (unpaired) electrons. The van der Waals surface area contributed by atoms with Crippen LogP contribution >= 0.6 is 0 Å². The van der Waals surface area contributed by atoms with Crippen LogP contribution in [0.25, 0.3) is 0 Å². The number of nitrogens with one attached hydrogen (secondary N) is 1. The normalized spacial score (nSPS) is 13.6. The highest BCUT2D eigenvalue weighted by Gasteiger charge is 2.33. The van der Waals surface area contributed by atoms with Crippen molar-refractivity contribution >= 4 is 21.6 Å². The Bertz CT molecular complexity index is 1200. The van der Waals surface area contributed by atoms with E-state index >= 15 is 0 Å². The fraction of sp³-hybridized carbons (Fsp3) is 0.240. The number of benzene rings is 3. The summed E-state index contributed by atoms with van der Waals surface area (Å²) >= 11 is 0. The first-order valence-electron chi connectivity index (χ1n) is 10.4. The van der Waals surface area contributed by atoms with Crippen LogP contribution in [0.3, 0.4) is 0 Å². The van der Waals surface area contributed by atoms with Crippen LogP contribution in [0.1, 0.15) is 39.9 Å². The molecule has 0 spiro atoms. The summed E-state index contributed by atoms with van der Waals surface area (Å²) < 4.78 is 28.5. The van der Waals surface area contributed by atoms with E-state index in [2.05, 4.69) is 4.72 Å². The number of sulfonamides is 1. The molecule has 1 amide bonds. The third kappa shape index (κ3) is 4.97. The Morgan fingerprint density at radius 2 is 1.71 bits per heavy atom. The van der Waals surface area contributed by atoms with Gasteiger partial charge in [0.15, 0.2) is 0 Å². The lowest BCUT2D eigenvalue weighted by Crippen LogP contribution is -2.32. The van der Waals surface area contributed by atoms with Gasteiger partial charge < -0.3 is 4.90 Å². The second-order valence-electron chi connectivity index (χ2n) is 8.11. The van der Waals surface area contributed by atoms with Crippen LogP contribution in [0.15, 0.2) is 77.7 Å². The van der Waals surface area contributed by atoms with Crippen molar-refractivity contribution in [2.75, 3.05) is 4.72 Å². The summed E-state index contributed by atoms with van der Waals surface area (Å²) in [6, 6.07) is 22.2. The molecule has 6 heteroatoms. The summed E-state index contributed by atoms with van der Waals surface area (Å²) in [5, 5.41) is 0. The SMILES string of the molecule is Cc1ccc(C)c(S(=O)(=O)Nc2cccc(C(=O)N(Cc3ccccc3)C3CC3)c2)c1. The number of aryl methyl sites for hydroxylation is 2. The number of rotatable bonds is 7. The minimum absolute atomic E-state index is 0.0841. The van der Waals surface area contributed by atoms with E-state index in [1.54, 1.807) is 43.3 Å². The molecule has 0 saturated heterocycles. The fourth-order valence-corrected chi connectivity index (χ4v) is 5.00. The zero-order valence-corrected chi connectivity index (χ0v) is 18.5. The molecule has 0 aliphatic heterocycles. The molecule has 3 aromatic carbocycles. The second-order valence-corrected chi connectivity index (χ2v) is 9.76. The Kier molecular flexibility index (Phi) is 5.83. The first-order valence-corrected chi connectivity index (χ1v) is 11.9. The summed E-state index contributed by atoms with van der Waals surface area (Å²) in [7, 11) is -3.76. The molecule has 1 fully saturated rings. The monoisotopic (exact) mass is 434 g/mol. The van der Waals surface area contributed by atoms with Crippen LogP contribution in [-0.2, 0) is 16.6 Å². The third-order valence-electron chi connectivity index (χ3n) is 5.44. The smallest absolute Gasteiger partial charge is 0.262 e. The minimum atomic E-state index is -3.76. The van der Waals surface area contributed by atoms with E-state index in [0.29, 0.717) is 23.4 Å². The van der Waals surface area contributed by atoms with Crippen LogP contribution in [0.2, 0.25) is 0 Å². The van der Waals surface area contributed by atoms with Crippen LogP contribution in [-0.4, -0.2) is 25.3 Å². The van der Waals surface area contributed by atoms with Gasteiger partial charge in [-0.05, 0) is 67.6 Å². The molecular formula is C25H26N2O3S. The van der Waals surface area contributed by atoms with Gasteiger partial charge in [-0.25, -0.2) is 8.42 Å². The molecule has 1 N–H and O–H groups in total. The number of anilines is 1. The molecular weight excluding hydrogens is 408 g/mol. The molecule has 1 saturated carbocycles. The Hall–Kier alpha value is -3.12. The van der Waals surface area contributed by atoms with Gasteiger partial charge in [0.25, 0.3) is 15.9 Å². The highest BCUT2D eigenvalue weighted by Crippen LogP contribution is 2.30. The van der Waals surface area contributed by atoms with Gasteiger partial charge in [-0.3, -0.25) is 9.52 Å². The lowest BCUT2D eigenvalue weighted by molar-refractivity contribution is 0.0730. The number of hydrogen-bond donors (Lipinski definition) is 1. The van der Waals surface area contributed by atoms with Crippen molar-refractivity contribution in [1.29, 1.82) is 0 Å². The molecule has 160 valence electrons. The van der Waals surface area contributed by atoms with Gasteiger partial charge in [-0.1, -0.05) is 48.5 Å². The first-order chi connectivity index (χ1) is 14.8. The van der Waals surface area contributed by atoms with E-state index in [9.17, 15) is 13.2 Å². The van der Waals surface area contributed by atoms with Crippen molar-refractivity contribution in [3.8, 4) is 0 Å². The summed E-state index contributed by atoms with van der Waals surface area (Å²) in [6.07, 6.45) is 2.00. The second kappa shape index (κ2) is 8.55. The molecule has 0 unspecified atom stereocenters. The summed E-state index contributed by atoms with van der Waals surface area (Å²) in [5.74, 6) is -0.0841. The Morgan fingerprint density at radius 3 is 2.42 bits per heavy atom. The molecule has 0 aromatic heterocycles. The summed E-state index contributed by atoms with van der Waals surface area (Å²) in [5.41, 5.74) is 3.48. The number of carbonyl (C=O) groups excluding carboxylic acids is 1. The average Bonchev–Trinajstić information content (AvgIpc) is 3.59. The Morgan fingerprint density at radius 1 is 0.968 bits per heavy atom. The third-order valence-corrected chi connectivity index (χ3v) is 6.96. The van der Waals surface area contributed by atoms with E-state index in [-0.39, 0.29) is 16.8 Å². The van der Waals surface area contributed by atoms with Crippen LogP contribution in [0, 0.1) is 13.8 Å². The number of nitrogens with zero attached hydrogens (tertiary/aromatic N) is 1. The molecule has 1 aliphatic rings. The highest BCUT2D eigenvalue weighted by atomic mass is 32.2. The maximum atomic E-state index is 13.3. The molecule has 3 aromatic rings. The zero-order chi connectivity index (χ0) is 22.0. The first kappa shape index (κ1) is 21.1. The van der Waals surface area contributed by atoms with Crippen molar-refractivity contribution in [2.24, 2.45) is 0 Å². The largest absolute Gasteiger partial charge is 0.331 e. The van der Waals surface area contributed by atoms with Crippen molar-refractivity contribution < 1.29 is 13.2 Å². The number of amides is 1. The highest BCUT2D eigenvalue weighted by molar-refractivity contribution is 7.92. The van der Waals surface area contributed by atoms with Crippen molar-refractivity contribution in [3.05, 3.63) is 95.1 Å². The topological polar surface area (TPSA) is 66.5 Å². The predicted molar refractivity (Wildman–Crippen MR) is 123 cm³/mol. The minimum Gasteiger partial charge on any atom is -0.331 e. The Balaban J connectivity index is 1.57. The van der Waals surface area contributed by atoms with E-state index in [1.807, 2.05) is 48.2 Å². The standard InChI is InChI=1S/C25H26N2O3S/c1-18-11-12-19(2)24(15-18)31(29,30)26-22-10-6-9-21(16-22)25(28)27(23-13-14-23)17-20-7-4-3-5-8-20/h3-12,15-16,23,26H,13-14,17H2,1-2H3. The van der Waals surface area contributed by atoms with Crippen molar-refractivity contribution in [1.82, 2.24) is 4.90 Å². The van der Waals surface area contributed by atoms with Gasteiger partial charge in [0.1, 0.15) is 0 Å². The van der Waals surface area contributed by atoms with E-state index in [1.165, 1.54) is 0 Å². The molecule has 4 rings (SSSR count). The fourth-order valence-electron chi connectivity index (χ4n) is 3.62. The number of carbonyl (C=O) groups is 1. The van der Waals surface area contributed by atoms with Gasteiger partial charge in [0.2, 0.25) is 0 Å².